The van der Waals surface area contributed by atoms with Crippen molar-refractivity contribution in [1.82, 2.24) is 21.3 Å². The molecule has 9 heteroatoms. The predicted octanol–water partition coefficient (Wildman–Crippen LogP) is 1.11. The minimum atomic E-state index is -0.522. The van der Waals surface area contributed by atoms with E-state index in [0.29, 0.717) is 43.5 Å². The van der Waals surface area contributed by atoms with Crippen molar-refractivity contribution in [2.75, 3.05) is 40.3 Å². The second-order valence-electron chi connectivity index (χ2n) is 6.84. The van der Waals surface area contributed by atoms with Crippen LogP contribution in [0, 0.1) is 0 Å². The molecule has 1 aromatic carbocycles. The van der Waals surface area contributed by atoms with E-state index in [1.807, 2.05) is 20.8 Å². The summed E-state index contributed by atoms with van der Waals surface area (Å²) in [6.45, 7) is 7.24. The number of aliphatic imine (C=N–C) groups is 1. The molecule has 0 bridgehead atoms. The molecule has 0 spiro atoms. The van der Waals surface area contributed by atoms with Gasteiger partial charge in [0.15, 0.2) is 5.96 Å². The van der Waals surface area contributed by atoms with Gasteiger partial charge in [0.1, 0.15) is 11.4 Å². The topological polar surface area (TPSA) is 113 Å². The van der Waals surface area contributed by atoms with E-state index in [0.717, 1.165) is 0 Å². The van der Waals surface area contributed by atoms with Crippen molar-refractivity contribution in [2.45, 2.75) is 26.4 Å². The van der Waals surface area contributed by atoms with Crippen LogP contribution in [0.3, 0.4) is 0 Å². The number of alkyl carbamates (subject to hydrolysis) is 1. The quantitative estimate of drug-likeness (QED) is 0.299. The first-order valence-corrected chi connectivity index (χ1v) is 9.09. The maximum atomic E-state index is 12.1. The molecular formula is C19H31N5O4. The van der Waals surface area contributed by atoms with Crippen molar-refractivity contribution in [3.8, 4) is 5.75 Å². The van der Waals surface area contributed by atoms with Gasteiger partial charge >= 0.3 is 6.09 Å². The Bertz CT molecular complexity index is 653. The summed E-state index contributed by atoms with van der Waals surface area (Å²) in [7, 11) is 3.22. The Kier molecular flexibility index (Phi) is 9.63. The van der Waals surface area contributed by atoms with Crippen molar-refractivity contribution < 1.29 is 19.1 Å². The first-order valence-electron chi connectivity index (χ1n) is 9.09. The molecule has 0 fully saturated rings. The Balaban J connectivity index is 2.20. The highest BCUT2D eigenvalue weighted by Gasteiger charge is 2.15. The molecule has 9 nitrogen and oxygen atoms in total. The Morgan fingerprint density at radius 1 is 0.929 bits per heavy atom. The molecule has 0 heterocycles. The van der Waals surface area contributed by atoms with Crippen molar-refractivity contribution in [3.05, 3.63) is 29.8 Å². The average molecular weight is 393 g/mol. The van der Waals surface area contributed by atoms with Gasteiger partial charge in [-0.3, -0.25) is 9.79 Å². The van der Waals surface area contributed by atoms with Gasteiger partial charge in [-0.05, 0) is 45.0 Å². The Morgan fingerprint density at radius 3 is 1.96 bits per heavy atom. The lowest BCUT2D eigenvalue weighted by Gasteiger charge is -2.20. The summed E-state index contributed by atoms with van der Waals surface area (Å²) in [4.78, 5) is 27.7. The van der Waals surface area contributed by atoms with Crippen LogP contribution >= 0.6 is 0 Å². The molecule has 1 aromatic rings. The molecule has 28 heavy (non-hydrogen) atoms. The fraction of sp³-hybridized carbons (Fsp3) is 0.526. The third kappa shape index (κ3) is 9.65. The van der Waals surface area contributed by atoms with Gasteiger partial charge in [-0.2, -0.15) is 0 Å². The standard InChI is InChI=1S/C19H31N5O4/c1-19(2,3)28-18(26)24-13-12-23-17(20-4)22-11-10-21-16(25)14-6-8-15(27-5)9-7-14/h6-9H,10-13H2,1-5H3,(H,21,25)(H,24,26)(H2,20,22,23). The largest absolute Gasteiger partial charge is 0.497 e. The lowest BCUT2D eigenvalue weighted by Crippen LogP contribution is -2.44. The fourth-order valence-electron chi connectivity index (χ4n) is 2.08. The highest BCUT2D eigenvalue weighted by atomic mass is 16.6. The summed E-state index contributed by atoms with van der Waals surface area (Å²) in [6.07, 6.45) is -0.460. The van der Waals surface area contributed by atoms with E-state index in [4.69, 9.17) is 9.47 Å². The molecule has 0 atom stereocenters. The molecule has 0 aliphatic carbocycles. The second kappa shape index (κ2) is 11.7. The Labute approximate surface area is 166 Å². The molecule has 0 radical (unpaired) electrons. The maximum Gasteiger partial charge on any atom is 0.407 e. The number of guanidine groups is 1. The lowest BCUT2D eigenvalue weighted by atomic mass is 10.2. The zero-order chi connectivity index (χ0) is 21.0. The number of methoxy groups -OCH3 is 1. The molecule has 4 N–H and O–H groups in total. The van der Waals surface area contributed by atoms with E-state index >= 15 is 0 Å². The van der Waals surface area contributed by atoms with Crippen LogP contribution in [0.5, 0.6) is 5.75 Å². The SMILES string of the molecule is CN=C(NCCNC(=O)OC(C)(C)C)NCCNC(=O)c1ccc(OC)cc1. The molecule has 0 saturated heterocycles. The summed E-state index contributed by atoms with van der Waals surface area (Å²) in [6, 6.07) is 6.90. The van der Waals surface area contributed by atoms with Gasteiger partial charge in [0.05, 0.1) is 7.11 Å². The summed E-state index contributed by atoms with van der Waals surface area (Å²) >= 11 is 0. The fourth-order valence-corrected chi connectivity index (χ4v) is 2.08. The highest BCUT2D eigenvalue weighted by molar-refractivity contribution is 5.94. The van der Waals surface area contributed by atoms with Gasteiger partial charge in [0, 0.05) is 38.8 Å². The van der Waals surface area contributed by atoms with Crippen LogP contribution < -0.4 is 26.0 Å². The molecule has 0 unspecified atom stereocenters. The van der Waals surface area contributed by atoms with E-state index in [-0.39, 0.29) is 5.91 Å². The van der Waals surface area contributed by atoms with E-state index in [1.165, 1.54) is 0 Å². The molecule has 0 saturated carbocycles. The zero-order valence-corrected chi connectivity index (χ0v) is 17.2. The lowest BCUT2D eigenvalue weighted by molar-refractivity contribution is 0.0528. The monoisotopic (exact) mass is 393 g/mol. The maximum absolute atomic E-state index is 12.1. The summed E-state index contributed by atoms with van der Waals surface area (Å²) in [5.41, 5.74) is 0.0438. The number of hydrogen-bond donors (Lipinski definition) is 4. The van der Waals surface area contributed by atoms with Gasteiger partial charge in [0.2, 0.25) is 0 Å². The number of ether oxygens (including phenoxy) is 2. The highest BCUT2D eigenvalue weighted by Crippen LogP contribution is 2.10. The molecule has 0 aliphatic heterocycles. The number of rotatable bonds is 8. The Hall–Kier alpha value is -2.97. The van der Waals surface area contributed by atoms with Crippen LogP contribution in [-0.4, -0.2) is 63.9 Å². The molecule has 156 valence electrons. The van der Waals surface area contributed by atoms with Gasteiger partial charge < -0.3 is 30.7 Å². The first-order chi connectivity index (χ1) is 13.2. The van der Waals surface area contributed by atoms with Crippen LogP contribution in [-0.2, 0) is 4.74 Å². The summed E-state index contributed by atoms with van der Waals surface area (Å²) in [5.74, 6) is 1.12. The minimum absolute atomic E-state index is 0.158. The van der Waals surface area contributed by atoms with Crippen molar-refractivity contribution in [1.29, 1.82) is 0 Å². The second-order valence-corrected chi connectivity index (χ2v) is 6.84. The summed E-state index contributed by atoms with van der Waals surface area (Å²) in [5, 5.41) is 11.6. The number of carbonyl (C=O) groups is 2. The number of carbonyl (C=O) groups excluding carboxylic acids is 2. The smallest absolute Gasteiger partial charge is 0.407 e. The molecule has 0 aliphatic rings. The van der Waals surface area contributed by atoms with Crippen molar-refractivity contribution in [2.24, 2.45) is 4.99 Å². The molecule has 1 rings (SSSR count). The summed E-state index contributed by atoms with van der Waals surface area (Å²) < 4.78 is 10.2. The van der Waals surface area contributed by atoms with Crippen LogP contribution in [0.25, 0.3) is 0 Å². The first kappa shape index (κ1) is 23.1. The van der Waals surface area contributed by atoms with Crippen molar-refractivity contribution in [3.63, 3.8) is 0 Å². The van der Waals surface area contributed by atoms with Gasteiger partial charge in [-0.15, -0.1) is 0 Å². The number of hydrogen-bond acceptors (Lipinski definition) is 5. The molecule has 0 aromatic heterocycles. The molecule has 2 amide bonds. The van der Waals surface area contributed by atoms with Crippen molar-refractivity contribution >= 4 is 18.0 Å². The van der Waals surface area contributed by atoms with Gasteiger partial charge in [-0.25, -0.2) is 4.79 Å². The van der Waals surface area contributed by atoms with Crippen LogP contribution in [0.4, 0.5) is 4.79 Å². The van der Waals surface area contributed by atoms with E-state index in [9.17, 15) is 9.59 Å². The van der Waals surface area contributed by atoms with Gasteiger partial charge in [0.25, 0.3) is 5.91 Å². The third-order valence-corrected chi connectivity index (χ3v) is 3.36. The minimum Gasteiger partial charge on any atom is -0.497 e. The Morgan fingerprint density at radius 2 is 1.46 bits per heavy atom. The van der Waals surface area contributed by atoms with Crippen LogP contribution in [0.2, 0.25) is 0 Å². The number of nitrogens with zero attached hydrogens (tertiary/aromatic N) is 1. The zero-order valence-electron chi connectivity index (χ0n) is 17.2. The third-order valence-electron chi connectivity index (χ3n) is 3.36. The molecular weight excluding hydrogens is 362 g/mol. The predicted molar refractivity (Wildman–Crippen MR) is 109 cm³/mol. The number of nitrogens with one attached hydrogen (secondary N) is 4. The van der Waals surface area contributed by atoms with Crippen LogP contribution in [0.15, 0.2) is 29.3 Å². The normalized spacial score (nSPS) is 11.4. The average Bonchev–Trinajstić information content (AvgIpc) is 2.65. The van der Waals surface area contributed by atoms with Crippen LogP contribution in [0.1, 0.15) is 31.1 Å². The number of amides is 2. The van der Waals surface area contributed by atoms with E-state index < -0.39 is 11.7 Å². The van der Waals surface area contributed by atoms with E-state index in [2.05, 4.69) is 26.3 Å². The number of benzene rings is 1. The van der Waals surface area contributed by atoms with Gasteiger partial charge in [-0.1, -0.05) is 0 Å². The van der Waals surface area contributed by atoms with E-state index in [1.54, 1.807) is 38.4 Å².